The molecule has 0 aromatic heterocycles. The van der Waals surface area contributed by atoms with Gasteiger partial charge in [0.25, 0.3) is 0 Å². The standard InChI is InChI=1S/C16H24N2O3/c17-7-12-2-1-3-14(6-12)20-11-13(19)8-18-9-15-4-5-16(10-18)21-15/h1-3,6,13,15-16,19H,4-5,7-11,17H2. The van der Waals surface area contributed by atoms with Gasteiger partial charge in [-0.15, -0.1) is 0 Å². The molecule has 1 aromatic rings. The molecule has 21 heavy (non-hydrogen) atoms. The van der Waals surface area contributed by atoms with Gasteiger partial charge in [-0.3, -0.25) is 4.90 Å². The van der Waals surface area contributed by atoms with E-state index in [1.54, 1.807) is 0 Å². The van der Waals surface area contributed by atoms with E-state index in [0.29, 0.717) is 31.9 Å². The molecule has 3 unspecified atom stereocenters. The monoisotopic (exact) mass is 292 g/mol. The summed E-state index contributed by atoms with van der Waals surface area (Å²) >= 11 is 0. The van der Waals surface area contributed by atoms with Gasteiger partial charge in [0, 0.05) is 26.2 Å². The van der Waals surface area contributed by atoms with E-state index in [9.17, 15) is 5.11 Å². The molecule has 2 bridgehead atoms. The number of morpholine rings is 1. The van der Waals surface area contributed by atoms with E-state index in [2.05, 4.69) is 4.90 Å². The smallest absolute Gasteiger partial charge is 0.119 e. The van der Waals surface area contributed by atoms with E-state index in [-0.39, 0.29) is 0 Å². The second kappa shape index (κ2) is 6.75. The van der Waals surface area contributed by atoms with Crippen LogP contribution in [0.2, 0.25) is 0 Å². The first-order valence-electron chi connectivity index (χ1n) is 7.70. The molecular weight excluding hydrogens is 268 g/mol. The number of hydrogen-bond donors (Lipinski definition) is 2. The molecular formula is C16H24N2O3. The highest BCUT2D eigenvalue weighted by atomic mass is 16.5. The predicted octanol–water partition coefficient (Wildman–Crippen LogP) is 0.748. The van der Waals surface area contributed by atoms with Crippen LogP contribution in [0.1, 0.15) is 18.4 Å². The molecule has 1 aromatic carbocycles. The molecule has 5 heteroatoms. The van der Waals surface area contributed by atoms with Gasteiger partial charge in [-0.25, -0.2) is 0 Å². The molecule has 2 saturated heterocycles. The van der Waals surface area contributed by atoms with E-state index >= 15 is 0 Å². The van der Waals surface area contributed by atoms with E-state index in [0.717, 1.165) is 37.2 Å². The number of aliphatic hydroxyl groups excluding tert-OH is 1. The molecule has 2 aliphatic rings. The fraction of sp³-hybridized carbons (Fsp3) is 0.625. The van der Waals surface area contributed by atoms with Crippen LogP contribution in [-0.4, -0.2) is 54.6 Å². The quantitative estimate of drug-likeness (QED) is 0.810. The lowest BCUT2D eigenvalue weighted by atomic mass is 10.2. The molecule has 5 nitrogen and oxygen atoms in total. The Balaban J connectivity index is 1.44. The molecule has 2 fully saturated rings. The largest absolute Gasteiger partial charge is 0.491 e. The topological polar surface area (TPSA) is 68.0 Å². The van der Waals surface area contributed by atoms with Crippen LogP contribution in [-0.2, 0) is 11.3 Å². The summed E-state index contributed by atoms with van der Waals surface area (Å²) in [5, 5.41) is 10.1. The third-order valence-corrected chi connectivity index (χ3v) is 4.16. The average molecular weight is 292 g/mol. The number of likely N-dealkylation sites (tertiary alicyclic amines) is 1. The minimum absolute atomic E-state index is 0.306. The Hall–Kier alpha value is -1.14. The van der Waals surface area contributed by atoms with Crippen LogP contribution < -0.4 is 10.5 Å². The lowest BCUT2D eigenvalue weighted by molar-refractivity contribution is -0.0528. The van der Waals surface area contributed by atoms with Gasteiger partial charge in [0.15, 0.2) is 0 Å². The van der Waals surface area contributed by atoms with Crippen molar-refractivity contribution < 1.29 is 14.6 Å². The molecule has 0 amide bonds. The number of aliphatic hydroxyl groups is 1. The van der Waals surface area contributed by atoms with Crippen molar-refractivity contribution in [1.29, 1.82) is 0 Å². The van der Waals surface area contributed by atoms with Gasteiger partial charge in [0.05, 0.1) is 12.2 Å². The first-order valence-corrected chi connectivity index (χ1v) is 7.70. The van der Waals surface area contributed by atoms with E-state index in [1.807, 2.05) is 24.3 Å². The Kier molecular flexibility index (Phi) is 4.75. The van der Waals surface area contributed by atoms with Gasteiger partial charge in [0.2, 0.25) is 0 Å². The van der Waals surface area contributed by atoms with Gasteiger partial charge < -0.3 is 20.3 Å². The SMILES string of the molecule is NCc1cccc(OCC(O)CN2CC3CCC(C2)O3)c1. The van der Waals surface area contributed by atoms with Crippen LogP contribution in [0.15, 0.2) is 24.3 Å². The van der Waals surface area contributed by atoms with E-state index < -0.39 is 6.10 Å². The highest BCUT2D eigenvalue weighted by Crippen LogP contribution is 2.26. The molecule has 116 valence electrons. The predicted molar refractivity (Wildman–Crippen MR) is 80.2 cm³/mol. The lowest BCUT2D eigenvalue weighted by Gasteiger charge is -2.33. The number of nitrogens with zero attached hydrogens (tertiary/aromatic N) is 1. The zero-order valence-electron chi connectivity index (χ0n) is 12.3. The second-order valence-electron chi connectivity index (χ2n) is 5.99. The first kappa shape index (κ1) is 14.8. The van der Waals surface area contributed by atoms with Crippen LogP contribution in [0.5, 0.6) is 5.75 Å². The molecule has 0 saturated carbocycles. The van der Waals surface area contributed by atoms with Crippen molar-refractivity contribution in [3.8, 4) is 5.75 Å². The third kappa shape index (κ3) is 3.95. The van der Waals surface area contributed by atoms with Crippen molar-refractivity contribution in [1.82, 2.24) is 4.90 Å². The maximum atomic E-state index is 10.1. The second-order valence-corrected chi connectivity index (χ2v) is 5.99. The highest BCUT2D eigenvalue weighted by molar-refractivity contribution is 5.28. The van der Waals surface area contributed by atoms with Crippen molar-refractivity contribution >= 4 is 0 Å². The molecule has 0 radical (unpaired) electrons. The number of benzene rings is 1. The van der Waals surface area contributed by atoms with Crippen LogP contribution in [0, 0.1) is 0 Å². The normalized spacial score (nSPS) is 26.8. The fourth-order valence-electron chi connectivity index (χ4n) is 3.15. The number of β-amino-alcohol motifs (C(OH)–C–C–N with tert-alkyl or cyclic N) is 1. The highest BCUT2D eigenvalue weighted by Gasteiger charge is 2.34. The zero-order chi connectivity index (χ0) is 14.7. The summed E-state index contributed by atoms with van der Waals surface area (Å²) in [5.74, 6) is 0.763. The minimum atomic E-state index is -0.482. The van der Waals surface area contributed by atoms with Crippen LogP contribution in [0.25, 0.3) is 0 Å². The summed E-state index contributed by atoms with van der Waals surface area (Å²) in [5.41, 5.74) is 6.64. The number of nitrogens with two attached hydrogens (primary N) is 1. The Morgan fingerprint density at radius 3 is 2.81 bits per heavy atom. The number of rotatable bonds is 6. The molecule has 3 atom stereocenters. The minimum Gasteiger partial charge on any atom is -0.491 e. The molecule has 2 heterocycles. The van der Waals surface area contributed by atoms with Crippen molar-refractivity contribution in [2.75, 3.05) is 26.2 Å². The van der Waals surface area contributed by atoms with Gasteiger partial charge in [0.1, 0.15) is 18.5 Å². The third-order valence-electron chi connectivity index (χ3n) is 4.16. The summed E-state index contributed by atoms with van der Waals surface area (Å²) in [6, 6.07) is 7.69. The summed E-state index contributed by atoms with van der Waals surface area (Å²) in [6.07, 6.45) is 2.54. The van der Waals surface area contributed by atoms with E-state index in [1.165, 1.54) is 0 Å². The van der Waals surface area contributed by atoms with Crippen molar-refractivity contribution in [2.24, 2.45) is 5.73 Å². The van der Waals surface area contributed by atoms with Crippen molar-refractivity contribution in [2.45, 2.75) is 37.7 Å². The molecule has 3 N–H and O–H groups in total. The van der Waals surface area contributed by atoms with Crippen LogP contribution in [0.4, 0.5) is 0 Å². The molecule has 0 spiro atoms. The summed E-state index contributed by atoms with van der Waals surface area (Å²) < 4.78 is 11.5. The van der Waals surface area contributed by atoms with Gasteiger partial charge in [-0.2, -0.15) is 0 Å². The summed E-state index contributed by atoms with van der Waals surface area (Å²) in [7, 11) is 0. The Bertz CT molecular complexity index is 457. The summed E-state index contributed by atoms with van der Waals surface area (Å²) in [6.45, 7) is 3.30. The van der Waals surface area contributed by atoms with Crippen LogP contribution >= 0.6 is 0 Å². The molecule has 2 aliphatic heterocycles. The Morgan fingerprint density at radius 2 is 2.10 bits per heavy atom. The maximum Gasteiger partial charge on any atom is 0.119 e. The first-order chi connectivity index (χ1) is 10.2. The average Bonchev–Trinajstić information content (AvgIpc) is 2.84. The van der Waals surface area contributed by atoms with Crippen LogP contribution in [0.3, 0.4) is 0 Å². The van der Waals surface area contributed by atoms with E-state index in [4.69, 9.17) is 15.2 Å². The fourth-order valence-corrected chi connectivity index (χ4v) is 3.15. The van der Waals surface area contributed by atoms with Gasteiger partial charge >= 0.3 is 0 Å². The molecule has 0 aliphatic carbocycles. The Morgan fingerprint density at radius 1 is 1.33 bits per heavy atom. The Labute approximate surface area is 125 Å². The van der Waals surface area contributed by atoms with Gasteiger partial charge in [-0.05, 0) is 30.5 Å². The van der Waals surface area contributed by atoms with Crippen molar-refractivity contribution in [3.05, 3.63) is 29.8 Å². The van der Waals surface area contributed by atoms with Gasteiger partial charge in [-0.1, -0.05) is 12.1 Å². The summed E-state index contributed by atoms with van der Waals surface area (Å²) in [4.78, 5) is 2.29. The number of ether oxygens (including phenoxy) is 2. The zero-order valence-corrected chi connectivity index (χ0v) is 12.3. The number of fused-ring (bicyclic) bond motifs is 2. The molecule has 3 rings (SSSR count). The lowest BCUT2D eigenvalue weighted by Crippen LogP contribution is -2.46. The van der Waals surface area contributed by atoms with Crippen molar-refractivity contribution in [3.63, 3.8) is 0 Å². The number of hydrogen-bond acceptors (Lipinski definition) is 5. The maximum absolute atomic E-state index is 10.1.